The Bertz CT molecular complexity index is 400. The first-order valence-electron chi connectivity index (χ1n) is 3.89. The van der Waals surface area contributed by atoms with Gasteiger partial charge in [-0.3, -0.25) is 0 Å². The van der Waals surface area contributed by atoms with Gasteiger partial charge in [-0.05, 0) is 13.0 Å². The van der Waals surface area contributed by atoms with Gasteiger partial charge < -0.3 is 5.84 Å². The molecule has 1 unspecified atom stereocenters. The Labute approximate surface area is 89.6 Å². The minimum absolute atomic E-state index is 0. The second kappa shape index (κ2) is 4.00. The third-order valence-corrected chi connectivity index (χ3v) is 1.94. The van der Waals surface area contributed by atoms with Crippen LogP contribution in [-0.4, -0.2) is 0 Å². The van der Waals surface area contributed by atoms with Crippen molar-refractivity contribution in [2.45, 2.75) is 13.1 Å². The number of halogens is 1. The fourth-order valence-corrected chi connectivity index (χ4v) is 1.31. The minimum Gasteiger partial charge on any atom is -1.00 e. The van der Waals surface area contributed by atoms with Crippen LogP contribution >= 0.6 is 0 Å². The zero-order valence-corrected chi connectivity index (χ0v) is 7.75. The average molecular weight is 172 g/mol. The Morgan fingerprint density at radius 1 is 1.38 bits per heavy atom. The number of benzene rings is 1. The van der Waals surface area contributed by atoms with Crippen LogP contribution in [-0.2, 0) is 0 Å². The van der Waals surface area contributed by atoms with E-state index in [1.165, 1.54) is 13.2 Å². The molecule has 1 atom stereocenters. The summed E-state index contributed by atoms with van der Waals surface area (Å²) in [5.41, 5.74) is 1.38. The zero-order chi connectivity index (χ0) is 8.55. The van der Waals surface area contributed by atoms with E-state index in [1.54, 1.807) is 0 Å². The summed E-state index contributed by atoms with van der Waals surface area (Å²) >= 11 is 0. The number of furan rings is 1. The maximum atomic E-state index is 12.9. The van der Waals surface area contributed by atoms with Crippen molar-refractivity contribution in [2.24, 2.45) is 0 Å². The van der Waals surface area contributed by atoms with Gasteiger partial charge >= 0.3 is 18.9 Å². The molecular weight excluding hydrogens is 162 g/mol. The molecule has 0 amide bonds. The topological polar surface area (TPSA) is 13.1 Å². The van der Waals surface area contributed by atoms with Gasteiger partial charge in [0.05, 0.1) is 6.26 Å². The Kier molecular flexibility index (Phi) is 3.19. The second-order valence-corrected chi connectivity index (χ2v) is 2.80. The minimum atomic E-state index is -0.964. The summed E-state index contributed by atoms with van der Waals surface area (Å²) in [5, 5.41) is 0.868. The van der Waals surface area contributed by atoms with Gasteiger partial charge in [0.25, 0.3) is 0 Å². The number of alkyl halides is 1. The van der Waals surface area contributed by atoms with E-state index in [0.717, 1.165) is 11.0 Å². The van der Waals surface area contributed by atoms with Crippen LogP contribution < -0.4 is 18.9 Å². The first-order chi connectivity index (χ1) is 5.79. The zero-order valence-electron chi connectivity index (χ0n) is 8.75. The van der Waals surface area contributed by atoms with Crippen LogP contribution in [0.15, 0.2) is 34.9 Å². The molecule has 0 saturated heterocycles. The number of hydrogen-bond acceptors (Lipinski definition) is 1. The Morgan fingerprint density at radius 2 is 2.08 bits per heavy atom. The van der Waals surface area contributed by atoms with E-state index < -0.39 is 6.17 Å². The van der Waals surface area contributed by atoms with Crippen LogP contribution in [0.1, 0.15) is 20.1 Å². The van der Waals surface area contributed by atoms with Crippen LogP contribution in [0.5, 0.6) is 0 Å². The van der Waals surface area contributed by atoms with Crippen molar-refractivity contribution in [2.75, 3.05) is 0 Å². The van der Waals surface area contributed by atoms with E-state index in [2.05, 4.69) is 0 Å². The predicted octanol–water partition coefficient (Wildman–Crippen LogP) is 0.580. The number of fused-ring (bicyclic) bond motifs is 1. The maximum Gasteiger partial charge on any atom is 1.00 e. The third-order valence-electron chi connectivity index (χ3n) is 1.94. The summed E-state index contributed by atoms with van der Waals surface area (Å²) in [6, 6.07) is 7.45. The van der Waals surface area contributed by atoms with Crippen molar-refractivity contribution < 1.29 is 29.1 Å². The smallest absolute Gasteiger partial charge is 1.00 e. The predicted molar refractivity (Wildman–Crippen MR) is 46.8 cm³/mol. The van der Waals surface area contributed by atoms with E-state index >= 15 is 0 Å². The Morgan fingerprint density at radius 3 is 2.77 bits per heavy atom. The van der Waals surface area contributed by atoms with E-state index in [0.29, 0.717) is 5.56 Å². The summed E-state index contributed by atoms with van der Waals surface area (Å²) < 4.78 is 18.1. The molecule has 1 aromatic heterocycles. The van der Waals surface area contributed by atoms with Gasteiger partial charge in [-0.2, -0.15) is 0 Å². The largest absolute Gasteiger partial charge is 1.00 e. The molecule has 0 aliphatic rings. The molecule has 0 fully saturated rings. The standard InChI is InChI=1S/C10H9FO.Li.H/c1-7(11)9-6-12-10-5-3-2-4-8(9)10;;/h2-7H,1H3;;/q;+1;-1. The Hall–Kier alpha value is -0.713. The molecule has 0 saturated carbocycles. The fourth-order valence-electron chi connectivity index (χ4n) is 1.31. The van der Waals surface area contributed by atoms with Crippen LogP contribution in [0.4, 0.5) is 4.39 Å². The van der Waals surface area contributed by atoms with Crippen molar-refractivity contribution in [3.05, 3.63) is 36.1 Å². The monoisotopic (exact) mass is 172 g/mol. The van der Waals surface area contributed by atoms with Crippen molar-refractivity contribution >= 4 is 11.0 Å². The number of para-hydroxylation sites is 1. The van der Waals surface area contributed by atoms with E-state index in [1.807, 2.05) is 24.3 Å². The molecule has 1 nitrogen and oxygen atoms in total. The van der Waals surface area contributed by atoms with Crippen LogP contribution in [0, 0.1) is 0 Å². The summed E-state index contributed by atoms with van der Waals surface area (Å²) in [6.45, 7) is 1.51. The van der Waals surface area contributed by atoms with E-state index in [4.69, 9.17) is 4.42 Å². The molecule has 2 aromatic rings. The molecule has 0 spiro atoms. The molecule has 0 radical (unpaired) electrons. The first-order valence-corrected chi connectivity index (χ1v) is 3.89. The molecule has 0 aliphatic heterocycles. The quantitative estimate of drug-likeness (QED) is 0.573. The van der Waals surface area contributed by atoms with Crippen molar-refractivity contribution in [3.8, 4) is 0 Å². The SMILES string of the molecule is CC(F)c1coc2ccccc12.[H-].[Li+]. The van der Waals surface area contributed by atoms with Crippen molar-refractivity contribution in [1.29, 1.82) is 0 Å². The van der Waals surface area contributed by atoms with Gasteiger partial charge in [-0.25, -0.2) is 4.39 Å². The van der Waals surface area contributed by atoms with E-state index in [-0.39, 0.29) is 20.3 Å². The van der Waals surface area contributed by atoms with Gasteiger partial charge in [0.2, 0.25) is 0 Å². The van der Waals surface area contributed by atoms with Gasteiger partial charge in [-0.15, -0.1) is 0 Å². The van der Waals surface area contributed by atoms with Gasteiger partial charge in [0, 0.05) is 10.9 Å². The molecule has 0 bridgehead atoms. The molecular formula is C10H10FLiO. The summed E-state index contributed by atoms with van der Waals surface area (Å²) in [4.78, 5) is 0. The van der Waals surface area contributed by atoms with Crippen LogP contribution in [0.25, 0.3) is 11.0 Å². The number of rotatable bonds is 1. The van der Waals surface area contributed by atoms with E-state index in [9.17, 15) is 4.39 Å². The molecule has 64 valence electrons. The van der Waals surface area contributed by atoms with Gasteiger partial charge in [0.1, 0.15) is 11.8 Å². The summed E-state index contributed by atoms with van der Waals surface area (Å²) in [5.74, 6) is 0. The molecule has 0 aliphatic carbocycles. The first kappa shape index (κ1) is 10.4. The number of hydrogen-bond donors (Lipinski definition) is 0. The third kappa shape index (κ3) is 1.80. The molecule has 1 heterocycles. The summed E-state index contributed by atoms with van der Waals surface area (Å²) in [6.07, 6.45) is 0.517. The van der Waals surface area contributed by atoms with Crippen LogP contribution in [0.3, 0.4) is 0 Å². The molecule has 2 rings (SSSR count). The Balaban J connectivity index is 0.000000845. The maximum absolute atomic E-state index is 12.9. The molecule has 3 heteroatoms. The average Bonchev–Trinajstić information content (AvgIpc) is 2.47. The van der Waals surface area contributed by atoms with Gasteiger partial charge in [0.15, 0.2) is 0 Å². The normalized spacial score (nSPS) is 12.5. The fraction of sp³-hybridized carbons (Fsp3) is 0.200. The van der Waals surface area contributed by atoms with Gasteiger partial charge in [-0.1, -0.05) is 18.2 Å². The second-order valence-electron chi connectivity index (χ2n) is 2.80. The van der Waals surface area contributed by atoms with Crippen molar-refractivity contribution in [3.63, 3.8) is 0 Å². The van der Waals surface area contributed by atoms with Crippen LogP contribution in [0.2, 0.25) is 0 Å². The summed E-state index contributed by atoms with van der Waals surface area (Å²) in [7, 11) is 0. The molecule has 0 N–H and O–H groups in total. The van der Waals surface area contributed by atoms with Crippen molar-refractivity contribution in [1.82, 2.24) is 0 Å². The molecule has 1 aromatic carbocycles. The molecule has 13 heavy (non-hydrogen) atoms.